The third-order valence-electron chi connectivity index (χ3n) is 1.63. The van der Waals surface area contributed by atoms with E-state index in [2.05, 4.69) is 0 Å². The highest BCUT2D eigenvalue weighted by molar-refractivity contribution is 5.97. The quantitative estimate of drug-likeness (QED) is 0.293. The summed E-state index contributed by atoms with van der Waals surface area (Å²) >= 11 is 0. The average Bonchev–Trinajstić information content (AvgIpc) is 2.23. The fourth-order valence-corrected chi connectivity index (χ4v) is 0.744. The van der Waals surface area contributed by atoms with Gasteiger partial charge in [0.25, 0.3) is 5.78 Å². The van der Waals surface area contributed by atoms with Gasteiger partial charge in [0.1, 0.15) is 24.4 Å². The number of aliphatic hydroxyl groups is 5. The van der Waals surface area contributed by atoms with E-state index >= 15 is 0 Å². The summed E-state index contributed by atoms with van der Waals surface area (Å²) in [7, 11) is 0. The maximum absolute atomic E-state index is 10.5. The van der Waals surface area contributed by atoms with Crippen molar-refractivity contribution in [2.45, 2.75) is 24.4 Å². The third kappa shape index (κ3) is 3.02. The molecule has 0 aliphatic carbocycles. The maximum atomic E-state index is 10.5. The molecule has 0 amide bonds. The maximum Gasteiger partial charge on any atom is 0.262 e. The van der Waals surface area contributed by atoms with Crippen LogP contribution in [0.25, 0.3) is 0 Å². The van der Waals surface area contributed by atoms with Gasteiger partial charge in [-0.3, -0.25) is 4.79 Å². The Bertz CT molecular complexity index is 237. The van der Waals surface area contributed by atoms with Crippen LogP contribution in [0.15, 0.2) is 0 Å². The molecule has 7 nitrogen and oxygen atoms in total. The Morgan fingerprint density at radius 3 is 2.07 bits per heavy atom. The normalized spacial score (nSPS) is 19.1. The van der Waals surface area contributed by atoms with Crippen molar-refractivity contribution in [1.82, 2.24) is 0 Å². The summed E-state index contributed by atoms with van der Waals surface area (Å²) in [5.41, 5.74) is 0. The SMILES string of the molecule is N#CC(=O)[C@@H](O)[C@@H](O)[C@H](O)[C@H](O)CO. The van der Waals surface area contributed by atoms with Gasteiger partial charge in [-0.25, -0.2) is 0 Å². The number of carbonyl (C=O) groups is 1. The van der Waals surface area contributed by atoms with Crippen LogP contribution in [0, 0.1) is 11.3 Å². The minimum Gasteiger partial charge on any atom is -0.394 e. The highest BCUT2D eigenvalue weighted by atomic mass is 16.4. The van der Waals surface area contributed by atoms with Crippen molar-refractivity contribution >= 4 is 5.78 Å². The van der Waals surface area contributed by atoms with E-state index in [1.165, 1.54) is 0 Å². The van der Waals surface area contributed by atoms with Gasteiger partial charge in [0.2, 0.25) is 0 Å². The second-order valence-corrected chi connectivity index (χ2v) is 2.65. The Morgan fingerprint density at radius 1 is 1.21 bits per heavy atom. The van der Waals surface area contributed by atoms with Crippen LogP contribution < -0.4 is 0 Å². The lowest BCUT2D eigenvalue weighted by atomic mass is 10.0. The van der Waals surface area contributed by atoms with Crippen LogP contribution in [0.1, 0.15) is 0 Å². The van der Waals surface area contributed by atoms with E-state index in [0.717, 1.165) is 6.07 Å². The van der Waals surface area contributed by atoms with Gasteiger partial charge < -0.3 is 25.5 Å². The molecule has 0 heterocycles. The minimum atomic E-state index is -2.10. The first-order valence-electron chi connectivity index (χ1n) is 3.72. The predicted molar refractivity (Wildman–Crippen MR) is 41.7 cm³/mol. The Balaban J connectivity index is 4.39. The van der Waals surface area contributed by atoms with Crippen molar-refractivity contribution in [3.05, 3.63) is 0 Å². The molecule has 0 unspecified atom stereocenters. The van der Waals surface area contributed by atoms with Crippen LogP contribution in [-0.4, -0.2) is 62.3 Å². The number of ketones is 1. The summed E-state index contributed by atoms with van der Waals surface area (Å²) < 4.78 is 0. The molecule has 7 heteroatoms. The van der Waals surface area contributed by atoms with Crippen LogP contribution >= 0.6 is 0 Å². The van der Waals surface area contributed by atoms with Gasteiger partial charge >= 0.3 is 0 Å². The number of rotatable bonds is 5. The Morgan fingerprint density at radius 2 is 1.71 bits per heavy atom. The Kier molecular flexibility index (Phi) is 5.22. The van der Waals surface area contributed by atoms with E-state index in [4.69, 9.17) is 30.8 Å². The largest absolute Gasteiger partial charge is 0.394 e. The molecule has 0 aromatic carbocycles. The number of aliphatic hydroxyl groups excluding tert-OH is 5. The standard InChI is InChI=1S/C7H11NO6/c8-1-3(10)5(12)7(14)6(13)4(11)2-9/h4-7,9,11-14H,2H2/t4-,5-,6-,7-/m1/s1. The zero-order valence-electron chi connectivity index (χ0n) is 7.11. The van der Waals surface area contributed by atoms with E-state index in [9.17, 15) is 4.79 Å². The van der Waals surface area contributed by atoms with E-state index in [1.807, 2.05) is 0 Å². The van der Waals surface area contributed by atoms with Crippen molar-refractivity contribution < 1.29 is 30.3 Å². The number of nitrogens with zero attached hydrogens (tertiary/aromatic N) is 1. The van der Waals surface area contributed by atoms with Crippen molar-refractivity contribution in [2.75, 3.05) is 6.61 Å². The molecule has 0 aromatic rings. The zero-order valence-corrected chi connectivity index (χ0v) is 7.11. The number of Topliss-reactive ketones (excluding diaryl/α,β-unsaturated/α-hetero) is 1. The molecular weight excluding hydrogens is 194 g/mol. The molecule has 80 valence electrons. The molecule has 0 aliphatic heterocycles. The fraction of sp³-hybridized carbons (Fsp3) is 0.714. The smallest absolute Gasteiger partial charge is 0.262 e. The summed E-state index contributed by atoms with van der Waals surface area (Å²) in [6, 6.07) is 1.05. The van der Waals surface area contributed by atoms with Gasteiger partial charge in [0.15, 0.2) is 6.10 Å². The molecule has 0 radical (unpaired) electrons. The first-order chi connectivity index (χ1) is 6.45. The summed E-state index contributed by atoms with van der Waals surface area (Å²) in [6.45, 7) is -0.842. The van der Waals surface area contributed by atoms with Gasteiger partial charge in [-0.2, -0.15) is 5.26 Å². The van der Waals surface area contributed by atoms with Gasteiger partial charge in [0.05, 0.1) is 6.61 Å². The lowest BCUT2D eigenvalue weighted by molar-refractivity contribution is -0.142. The second-order valence-electron chi connectivity index (χ2n) is 2.65. The van der Waals surface area contributed by atoms with Crippen LogP contribution in [-0.2, 0) is 4.79 Å². The Labute approximate surface area is 79.5 Å². The minimum absolute atomic E-state index is 0.842. The van der Waals surface area contributed by atoms with Gasteiger partial charge in [0, 0.05) is 0 Å². The molecule has 0 spiro atoms. The Hall–Kier alpha value is -1.04. The number of nitriles is 1. The van der Waals surface area contributed by atoms with E-state index in [1.54, 1.807) is 0 Å². The summed E-state index contributed by atoms with van der Waals surface area (Å²) in [4.78, 5) is 10.5. The number of hydrogen-bond donors (Lipinski definition) is 5. The highest BCUT2D eigenvalue weighted by Gasteiger charge is 2.33. The molecule has 5 N–H and O–H groups in total. The second kappa shape index (κ2) is 5.64. The first-order valence-corrected chi connectivity index (χ1v) is 3.72. The van der Waals surface area contributed by atoms with Crippen LogP contribution in [0.4, 0.5) is 0 Å². The molecule has 0 aromatic heterocycles. The van der Waals surface area contributed by atoms with Crippen molar-refractivity contribution in [2.24, 2.45) is 0 Å². The van der Waals surface area contributed by atoms with Crippen LogP contribution in [0.5, 0.6) is 0 Å². The average molecular weight is 205 g/mol. The lowest BCUT2D eigenvalue weighted by Crippen LogP contribution is -2.48. The number of hydrogen-bond acceptors (Lipinski definition) is 7. The van der Waals surface area contributed by atoms with Crippen LogP contribution in [0.3, 0.4) is 0 Å². The molecule has 0 rings (SSSR count). The third-order valence-corrected chi connectivity index (χ3v) is 1.63. The fourth-order valence-electron chi connectivity index (χ4n) is 0.744. The van der Waals surface area contributed by atoms with Gasteiger partial charge in [-0.05, 0) is 0 Å². The molecule has 0 bridgehead atoms. The predicted octanol–water partition coefficient (Wildman–Crippen LogP) is -3.49. The molecule has 14 heavy (non-hydrogen) atoms. The molecule has 4 atom stereocenters. The summed E-state index contributed by atoms with van der Waals surface area (Å²) in [6.07, 6.45) is -7.70. The molecule has 0 aliphatic rings. The topological polar surface area (TPSA) is 142 Å². The van der Waals surface area contributed by atoms with Crippen molar-refractivity contribution in [3.63, 3.8) is 0 Å². The molecule has 0 saturated heterocycles. The summed E-state index contributed by atoms with van der Waals surface area (Å²) in [5, 5.41) is 52.3. The molecule has 0 fully saturated rings. The monoisotopic (exact) mass is 205 g/mol. The van der Waals surface area contributed by atoms with E-state index < -0.39 is 36.8 Å². The highest BCUT2D eigenvalue weighted by Crippen LogP contribution is 2.05. The first kappa shape index (κ1) is 13.0. The van der Waals surface area contributed by atoms with E-state index in [-0.39, 0.29) is 0 Å². The summed E-state index contributed by atoms with van der Waals surface area (Å²) in [5.74, 6) is -1.33. The number of carbonyl (C=O) groups excluding carboxylic acids is 1. The molecular formula is C7H11NO6. The van der Waals surface area contributed by atoms with Gasteiger partial charge in [-0.1, -0.05) is 0 Å². The molecule has 0 saturated carbocycles. The van der Waals surface area contributed by atoms with Crippen molar-refractivity contribution in [1.29, 1.82) is 5.26 Å². The van der Waals surface area contributed by atoms with Crippen LogP contribution in [0.2, 0.25) is 0 Å². The zero-order chi connectivity index (χ0) is 11.3. The van der Waals surface area contributed by atoms with Gasteiger partial charge in [-0.15, -0.1) is 0 Å². The lowest BCUT2D eigenvalue weighted by Gasteiger charge is -2.23. The van der Waals surface area contributed by atoms with E-state index in [0.29, 0.717) is 0 Å². The van der Waals surface area contributed by atoms with Crippen molar-refractivity contribution in [3.8, 4) is 6.07 Å².